The van der Waals surface area contributed by atoms with Crippen LogP contribution >= 0.6 is 0 Å². The number of nitrogens with one attached hydrogen (secondary N) is 1. The second-order valence-corrected chi connectivity index (χ2v) is 6.19. The molecule has 0 radical (unpaired) electrons. The molecule has 1 aromatic heterocycles. The molecule has 2 bridgehead atoms. The van der Waals surface area contributed by atoms with Gasteiger partial charge in [-0.1, -0.05) is 25.9 Å². The number of hydrogen-bond donors (Lipinski definition) is 1. The van der Waals surface area contributed by atoms with Gasteiger partial charge in [0.25, 0.3) is 0 Å². The molecule has 2 aliphatic rings. The van der Waals surface area contributed by atoms with Crippen molar-refractivity contribution in [3.63, 3.8) is 0 Å². The van der Waals surface area contributed by atoms with E-state index in [4.69, 9.17) is 4.52 Å². The average molecular weight is 236 g/mol. The van der Waals surface area contributed by atoms with Crippen LogP contribution in [-0.2, 0) is 12.0 Å². The highest BCUT2D eigenvalue weighted by Crippen LogP contribution is 2.25. The molecule has 0 aliphatic carbocycles. The van der Waals surface area contributed by atoms with Gasteiger partial charge in [0.2, 0.25) is 5.89 Å². The van der Waals surface area contributed by atoms with Gasteiger partial charge in [0, 0.05) is 30.6 Å². The molecule has 1 N–H and O–H groups in total. The molecule has 2 atom stereocenters. The summed E-state index contributed by atoms with van der Waals surface area (Å²) in [7, 11) is 0. The maximum Gasteiger partial charge on any atom is 0.232 e. The molecule has 0 spiro atoms. The summed E-state index contributed by atoms with van der Waals surface area (Å²) in [6, 6.07) is 1.34. The molecule has 1 aromatic rings. The maximum atomic E-state index is 5.32. The topological polar surface area (TPSA) is 54.2 Å². The van der Waals surface area contributed by atoms with E-state index in [0.717, 1.165) is 31.3 Å². The first-order chi connectivity index (χ1) is 8.02. The third-order valence-electron chi connectivity index (χ3n) is 3.62. The fourth-order valence-electron chi connectivity index (χ4n) is 2.65. The third kappa shape index (κ3) is 2.09. The lowest BCUT2D eigenvalue weighted by atomic mass is 9.97. The van der Waals surface area contributed by atoms with Gasteiger partial charge in [-0.05, 0) is 6.42 Å². The van der Waals surface area contributed by atoms with Crippen LogP contribution in [0.1, 0.15) is 38.9 Å². The summed E-state index contributed by atoms with van der Waals surface area (Å²) >= 11 is 0. The summed E-state index contributed by atoms with van der Waals surface area (Å²) in [5, 5.41) is 7.58. The Balaban J connectivity index is 1.68. The highest BCUT2D eigenvalue weighted by molar-refractivity contribution is 5.02. The van der Waals surface area contributed by atoms with Crippen molar-refractivity contribution in [3.05, 3.63) is 11.7 Å². The molecule has 2 saturated heterocycles. The van der Waals surface area contributed by atoms with Crippen molar-refractivity contribution in [2.45, 2.75) is 51.2 Å². The van der Waals surface area contributed by atoms with E-state index in [1.54, 1.807) is 0 Å². The number of piperazine rings is 1. The van der Waals surface area contributed by atoms with Crippen molar-refractivity contribution in [1.29, 1.82) is 0 Å². The van der Waals surface area contributed by atoms with Gasteiger partial charge < -0.3 is 9.84 Å². The second-order valence-electron chi connectivity index (χ2n) is 6.19. The molecule has 0 unspecified atom stereocenters. The van der Waals surface area contributed by atoms with Crippen LogP contribution < -0.4 is 5.32 Å². The minimum Gasteiger partial charge on any atom is -0.339 e. The predicted octanol–water partition coefficient (Wildman–Crippen LogP) is 0.913. The van der Waals surface area contributed by atoms with Gasteiger partial charge in [-0.15, -0.1) is 0 Å². The lowest BCUT2D eigenvalue weighted by Crippen LogP contribution is -2.43. The standard InChI is InChI=1S/C12H20N4O/c1-12(2,3)11-14-10(15-17-11)7-16-6-8-4-9(16)5-13-8/h8-9,13H,4-7H2,1-3H3/t8-,9-/m1/s1. The first-order valence-corrected chi connectivity index (χ1v) is 6.33. The Morgan fingerprint density at radius 1 is 1.47 bits per heavy atom. The molecule has 0 amide bonds. The Hall–Kier alpha value is -0.940. The SMILES string of the molecule is CC(C)(C)c1nc(CN2C[C@H]3C[C@@H]2CN3)no1. The van der Waals surface area contributed by atoms with Crippen molar-refractivity contribution < 1.29 is 4.52 Å². The molecule has 3 heterocycles. The molecule has 0 aromatic carbocycles. The van der Waals surface area contributed by atoms with Crippen molar-refractivity contribution in [3.8, 4) is 0 Å². The van der Waals surface area contributed by atoms with E-state index in [1.165, 1.54) is 6.42 Å². The normalized spacial score (nSPS) is 29.1. The number of aromatic nitrogens is 2. The summed E-state index contributed by atoms with van der Waals surface area (Å²) in [6.07, 6.45) is 1.27. The van der Waals surface area contributed by atoms with Crippen LogP contribution in [0.2, 0.25) is 0 Å². The van der Waals surface area contributed by atoms with Crippen LogP contribution in [-0.4, -0.2) is 40.2 Å². The van der Waals surface area contributed by atoms with Gasteiger partial charge in [0.1, 0.15) is 0 Å². The van der Waals surface area contributed by atoms with Crippen molar-refractivity contribution >= 4 is 0 Å². The van der Waals surface area contributed by atoms with E-state index in [-0.39, 0.29) is 5.41 Å². The Kier molecular flexibility index (Phi) is 2.48. The zero-order valence-electron chi connectivity index (χ0n) is 10.7. The van der Waals surface area contributed by atoms with E-state index >= 15 is 0 Å². The van der Waals surface area contributed by atoms with Crippen LogP contribution in [0.3, 0.4) is 0 Å². The number of fused-ring (bicyclic) bond motifs is 2. The molecule has 94 valence electrons. The molecule has 17 heavy (non-hydrogen) atoms. The number of rotatable bonds is 2. The minimum atomic E-state index is -0.0587. The largest absolute Gasteiger partial charge is 0.339 e. The first kappa shape index (κ1) is 11.2. The van der Waals surface area contributed by atoms with Gasteiger partial charge in [-0.25, -0.2) is 0 Å². The number of hydrogen-bond acceptors (Lipinski definition) is 5. The van der Waals surface area contributed by atoms with E-state index in [2.05, 4.69) is 41.1 Å². The zero-order valence-corrected chi connectivity index (χ0v) is 10.7. The highest BCUT2D eigenvalue weighted by atomic mass is 16.5. The Morgan fingerprint density at radius 2 is 2.29 bits per heavy atom. The second kappa shape index (κ2) is 3.78. The van der Waals surface area contributed by atoms with Crippen LogP contribution in [0.25, 0.3) is 0 Å². The van der Waals surface area contributed by atoms with Crippen molar-refractivity contribution in [2.75, 3.05) is 13.1 Å². The Morgan fingerprint density at radius 3 is 2.82 bits per heavy atom. The van der Waals surface area contributed by atoms with Gasteiger partial charge in [-0.3, -0.25) is 4.90 Å². The van der Waals surface area contributed by atoms with E-state index in [1.807, 2.05) is 0 Å². The number of nitrogens with zero attached hydrogens (tertiary/aromatic N) is 3. The smallest absolute Gasteiger partial charge is 0.232 e. The van der Waals surface area contributed by atoms with Crippen LogP contribution in [0, 0.1) is 0 Å². The minimum absolute atomic E-state index is 0.0587. The van der Waals surface area contributed by atoms with Crippen LogP contribution in [0.5, 0.6) is 0 Å². The zero-order chi connectivity index (χ0) is 12.0. The van der Waals surface area contributed by atoms with Crippen molar-refractivity contribution in [2.24, 2.45) is 0 Å². The lowest BCUT2D eigenvalue weighted by Gasteiger charge is -2.25. The highest BCUT2D eigenvalue weighted by Gasteiger charge is 2.38. The maximum absolute atomic E-state index is 5.32. The quantitative estimate of drug-likeness (QED) is 0.827. The fraction of sp³-hybridized carbons (Fsp3) is 0.833. The predicted molar refractivity (Wildman–Crippen MR) is 63.6 cm³/mol. The van der Waals surface area contributed by atoms with Gasteiger partial charge >= 0.3 is 0 Å². The van der Waals surface area contributed by atoms with Crippen LogP contribution in [0.15, 0.2) is 4.52 Å². The Bertz CT molecular complexity index is 409. The van der Waals surface area contributed by atoms with Gasteiger partial charge in [0.05, 0.1) is 6.54 Å². The van der Waals surface area contributed by atoms with Crippen LogP contribution in [0.4, 0.5) is 0 Å². The first-order valence-electron chi connectivity index (χ1n) is 6.33. The molecule has 0 saturated carbocycles. The summed E-state index contributed by atoms with van der Waals surface area (Å²) in [5.74, 6) is 1.55. The molecule has 5 nitrogen and oxygen atoms in total. The molecule has 2 aliphatic heterocycles. The molecule has 3 rings (SSSR count). The van der Waals surface area contributed by atoms with E-state index in [9.17, 15) is 0 Å². The molecular formula is C12H20N4O. The van der Waals surface area contributed by atoms with Crippen molar-refractivity contribution in [1.82, 2.24) is 20.4 Å². The number of likely N-dealkylation sites (tertiary alicyclic amines) is 1. The van der Waals surface area contributed by atoms with Gasteiger partial charge in [0.15, 0.2) is 5.82 Å². The summed E-state index contributed by atoms with van der Waals surface area (Å²) in [6.45, 7) is 9.31. The van der Waals surface area contributed by atoms with E-state index < -0.39 is 0 Å². The third-order valence-corrected chi connectivity index (χ3v) is 3.62. The molecular weight excluding hydrogens is 216 g/mol. The summed E-state index contributed by atoms with van der Waals surface area (Å²) < 4.78 is 5.32. The molecule has 2 fully saturated rings. The summed E-state index contributed by atoms with van der Waals surface area (Å²) in [4.78, 5) is 6.95. The Labute approximate surface area is 102 Å². The molecule has 5 heteroatoms. The fourth-order valence-corrected chi connectivity index (χ4v) is 2.65. The van der Waals surface area contributed by atoms with Gasteiger partial charge in [-0.2, -0.15) is 4.98 Å². The average Bonchev–Trinajstić information content (AvgIpc) is 2.89. The lowest BCUT2D eigenvalue weighted by molar-refractivity contribution is 0.209. The monoisotopic (exact) mass is 236 g/mol. The van der Waals surface area contributed by atoms with E-state index in [0.29, 0.717) is 12.1 Å². The summed E-state index contributed by atoms with van der Waals surface area (Å²) in [5.41, 5.74) is -0.0587.